The number of nitrogens with one attached hydrogen (secondary N) is 1. The van der Waals surface area contributed by atoms with Gasteiger partial charge in [-0.1, -0.05) is 24.3 Å². The molecule has 1 heterocycles. The van der Waals surface area contributed by atoms with E-state index < -0.39 is 12.0 Å². The number of hydrogen-bond acceptors (Lipinski definition) is 2. The Hall–Kier alpha value is -2.10. The van der Waals surface area contributed by atoms with Crippen LogP contribution in [0.1, 0.15) is 22.9 Å². The second kappa shape index (κ2) is 5.12. The highest BCUT2D eigenvalue weighted by Crippen LogP contribution is 2.37. The molecule has 0 fully saturated rings. The van der Waals surface area contributed by atoms with Gasteiger partial charge in [-0.25, -0.2) is 8.78 Å². The van der Waals surface area contributed by atoms with Gasteiger partial charge in [0, 0.05) is 17.8 Å². The lowest BCUT2D eigenvalue weighted by atomic mass is 9.98. The molecule has 0 bridgehead atoms. The maximum absolute atomic E-state index is 14.7. The van der Waals surface area contributed by atoms with Gasteiger partial charge in [0.2, 0.25) is 0 Å². The first kappa shape index (κ1) is 12.9. The number of methoxy groups -OCH3 is 1. The quantitative estimate of drug-likeness (QED) is 0.918. The van der Waals surface area contributed by atoms with Gasteiger partial charge in [-0.2, -0.15) is 0 Å². The van der Waals surface area contributed by atoms with E-state index in [0.29, 0.717) is 11.1 Å². The van der Waals surface area contributed by atoms with E-state index in [-0.39, 0.29) is 5.75 Å². The fourth-order valence-corrected chi connectivity index (χ4v) is 2.60. The fraction of sp³-hybridized carbons (Fsp3) is 0.250. The molecule has 3 rings (SSSR count). The van der Waals surface area contributed by atoms with Crippen LogP contribution in [0.15, 0.2) is 36.4 Å². The molecule has 1 N–H and O–H groups in total. The van der Waals surface area contributed by atoms with Crippen molar-refractivity contribution in [3.63, 3.8) is 0 Å². The number of benzene rings is 2. The SMILES string of the molecule is COc1ccc(C(F)c2cccc3c2NCC3)cc1F. The van der Waals surface area contributed by atoms with Gasteiger partial charge >= 0.3 is 0 Å². The summed E-state index contributed by atoms with van der Waals surface area (Å²) in [7, 11) is 1.39. The first-order chi connectivity index (χ1) is 9.70. The van der Waals surface area contributed by atoms with E-state index in [1.807, 2.05) is 12.1 Å². The Balaban J connectivity index is 1.99. The van der Waals surface area contributed by atoms with Crippen LogP contribution in [0.5, 0.6) is 5.75 Å². The average molecular weight is 275 g/mol. The molecule has 104 valence electrons. The summed E-state index contributed by atoms with van der Waals surface area (Å²) in [6.07, 6.45) is -0.455. The zero-order valence-electron chi connectivity index (χ0n) is 11.1. The van der Waals surface area contributed by atoms with E-state index in [1.165, 1.54) is 19.2 Å². The molecule has 0 spiro atoms. The number of hydrogen-bond donors (Lipinski definition) is 1. The number of para-hydroxylation sites is 1. The van der Waals surface area contributed by atoms with Crippen LogP contribution < -0.4 is 10.1 Å². The van der Waals surface area contributed by atoms with Gasteiger partial charge < -0.3 is 10.1 Å². The minimum atomic E-state index is -1.35. The average Bonchev–Trinajstić information content (AvgIpc) is 2.94. The van der Waals surface area contributed by atoms with E-state index in [4.69, 9.17) is 4.74 Å². The Morgan fingerprint density at radius 1 is 1.25 bits per heavy atom. The molecule has 2 aromatic rings. The summed E-state index contributed by atoms with van der Waals surface area (Å²) in [5.41, 5.74) is 2.81. The maximum Gasteiger partial charge on any atom is 0.165 e. The van der Waals surface area contributed by atoms with Gasteiger partial charge in [-0.3, -0.25) is 0 Å². The maximum atomic E-state index is 14.7. The van der Waals surface area contributed by atoms with Crippen molar-refractivity contribution < 1.29 is 13.5 Å². The Bertz CT molecular complexity index is 642. The Morgan fingerprint density at radius 3 is 2.85 bits per heavy atom. The van der Waals surface area contributed by atoms with Crippen LogP contribution in [0.3, 0.4) is 0 Å². The summed E-state index contributed by atoms with van der Waals surface area (Å²) >= 11 is 0. The summed E-state index contributed by atoms with van der Waals surface area (Å²) < 4.78 is 33.2. The van der Waals surface area contributed by atoms with Gasteiger partial charge in [0.15, 0.2) is 17.7 Å². The Kier molecular flexibility index (Phi) is 3.30. The van der Waals surface area contributed by atoms with Crippen LogP contribution in [0.4, 0.5) is 14.5 Å². The molecular formula is C16H15F2NO. The van der Waals surface area contributed by atoms with Gasteiger partial charge in [0.1, 0.15) is 0 Å². The summed E-state index contributed by atoms with van der Waals surface area (Å²) in [6.45, 7) is 0.816. The molecular weight excluding hydrogens is 260 g/mol. The topological polar surface area (TPSA) is 21.3 Å². The van der Waals surface area contributed by atoms with Crippen LogP contribution in [0, 0.1) is 5.82 Å². The number of anilines is 1. The number of ether oxygens (including phenoxy) is 1. The molecule has 2 aromatic carbocycles. The number of alkyl halides is 1. The third kappa shape index (κ3) is 2.11. The van der Waals surface area contributed by atoms with Crippen LogP contribution in [0.25, 0.3) is 0 Å². The highest BCUT2D eigenvalue weighted by Gasteiger charge is 2.22. The lowest BCUT2D eigenvalue weighted by molar-refractivity contribution is 0.379. The molecule has 1 aliphatic rings. The smallest absolute Gasteiger partial charge is 0.165 e. The second-order valence-corrected chi connectivity index (χ2v) is 4.81. The van der Waals surface area contributed by atoms with Crippen LogP contribution in [-0.2, 0) is 6.42 Å². The summed E-state index contributed by atoms with van der Waals surface area (Å²) in [5.74, 6) is -0.425. The molecule has 4 heteroatoms. The molecule has 0 radical (unpaired) electrons. The fourth-order valence-electron chi connectivity index (χ4n) is 2.60. The van der Waals surface area contributed by atoms with E-state index in [2.05, 4.69) is 5.32 Å². The molecule has 0 saturated heterocycles. The van der Waals surface area contributed by atoms with Crippen molar-refractivity contribution in [3.05, 3.63) is 58.9 Å². The van der Waals surface area contributed by atoms with Crippen LogP contribution >= 0.6 is 0 Å². The zero-order valence-corrected chi connectivity index (χ0v) is 11.1. The van der Waals surface area contributed by atoms with E-state index in [9.17, 15) is 8.78 Å². The summed E-state index contributed by atoms with van der Waals surface area (Å²) in [4.78, 5) is 0. The molecule has 1 atom stereocenters. The highest BCUT2D eigenvalue weighted by molar-refractivity contribution is 5.63. The first-order valence-electron chi connectivity index (χ1n) is 6.54. The van der Waals surface area contributed by atoms with Crippen molar-refractivity contribution in [2.45, 2.75) is 12.6 Å². The largest absolute Gasteiger partial charge is 0.494 e. The van der Waals surface area contributed by atoms with Crippen molar-refractivity contribution in [2.75, 3.05) is 19.0 Å². The molecule has 0 amide bonds. The molecule has 0 aromatic heterocycles. The van der Waals surface area contributed by atoms with Crippen LogP contribution in [-0.4, -0.2) is 13.7 Å². The molecule has 0 aliphatic carbocycles. The molecule has 2 nitrogen and oxygen atoms in total. The minimum absolute atomic E-state index is 0.123. The monoisotopic (exact) mass is 275 g/mol. The van der Waals surface area contributed by atoms with Gasteiger partial charge in [-0.15, -0.1) is 0 Å². The molecule has 1 aliphatic heterocycles. The third-order valence-electron chi connectivity index (χ3n) is 3.62. The first-order valence-corrected chi connectivity index (χ1v) is 6.54. The molecule has 20 heavy (non-hydrogen) atoms. The van der Waals surface area contributed by atoms with Crippen molar-refractivity contribution in [1.82, 2.24) is 0 Å². The van der Waals surface area contributed by atoms with Crippen molar-refractivity contribution in [3.8, 4) is 5.75 Å². The Labute approximate surface area is 116 Å². The number of halogens is 2. The van der Waals surface area contributed by atoms with Crippen LogP contribution in [0.2, 0.25) is 0 Å². The second-order valence-electron chi connectivity index (χ2n) is 4.81. The molecule has 1 unspecified atom stereocenters. The van der Waals surface area contributed by atoms with E-state index in [1.54, 1.807) is 12.1 Å². The standard InChI is InChI=1S/C16H15F2NO/c1-20-14-6-5-11(9-13(14)17)15(18)12-4-2-3-10-7-8-19-16(10)12/h2-6,9,15,19H,7-8H2,1H3. The number of fused-ring (bicyclic) bond motifs is 1. The molecule has 0 saturated carbocycles. The lowest BCUT2D eigenvalue weighted by Crippen LogP contribution is -2.01. The van der Waals surface area contributed by atoms with E-state index in [0.717, 1.165) is 24.2 Å². The van der Waals surface area contributed by atoms with Gasteiger partial charge in [-0.05, 0) is 29.7 Å². The lowest BCUT2D eigenvalue weighted by Gasteiger charge is -2.14. The van der Waals surface area contributed by atoms with Gasteiger partial charge in [0.05, 0.1) is 7.11 Å². The minimum Gasteiger partial charge on any atom is -0.494 e. The van der Waals surface area contributed by atoms with E-state index >= 15 is 0 Å². The highest BCUT2D eigenvalue weighted by atomic mass is 19.1. The normalized spacial score (nSPS) is 14.6. The zero-order chi connectivity index (χ0) is 14.1. The third-order valence-corrected chi connectivity index (χ3v) is 3.62. The predicted molar refractivity (Wildman–Crippen MR) is 74.5 cm³/mol. The summed E-state index contributed by atoms with van der Waals surface area (Å²) in [6, 6.07) is 9.77. The van der Waals surface area contributed by atoms with Crippen molar-refractivity contribution in [2.24, 2.45) is 0 Å². The Morgan fingerprint density at radius 2 is 2.10 bits per heavy atom. The van der Waals surface area contributed by atoms with Crippen molar-refractivity contribution in [1.29, 1.82) is 0 Å². The predicted octanol–water partition coefficient (Wildman–Crippen LogP) is 3.86. The number of rotatable bonds is 3. The summed E-state index contributed by atoms with van der Waals surface area (Å²) in [5, 5.41) is 3.20. The van der Waals surface area contributed by atoms with Gasteiger partial charge in [0.25, 0.3) is 0 Å². The van der Waals surface area contributed by atoms with Crippen molar-refractivity contribution >= 4 is 5.69 Å².